The molecule has 0 aliphatic heterocycles. The zero-order valence-electron chi connectivity index (χ0n) is 17.8. The number of furan rings is 1. The Labute approximate surface area is 190 Å². The predicted molar refractivity (Wildman–Crippen MR) is 124 cm³/mol. The Morgan fingerprint density at radius 3 is 2.50 bits per heavy atom. The molecule has 0 aliphatic carbocycles. The van der Waals surface area contributed by atoms with Crippen molar-refractivity contribution in [3.05, 3.63) is 106 Å². The summed E-state index contributed by atoms with van der Waals surface area (Å²) in [7, 11) is 0. The summed E-state index contributed by atoms with van der Waals surface area (Å²) in [4.78, 5) is 26.0. The number of rotatable bonds is 7. The molecule has 0 bridgehead atoms. The van der Waals surface area contributed by atoms with Gasteiger partial charge in [-0.05, 0) is 68.4 Å². The van der Waals surface area contributed by atoms with Crippen LogP contribution in [-0.2, 0) is 6.42 Å². The first-order valence-electron chi connectivity index (χ1n) is 10.3. The Morgan fingerprint density at radius 2 is 1.81 bits per heavy atom. The van der Waals surface area contributed by atoms with Crippen LogP contribution in [0.15, 0.2) is 98.2 Å². The van der Waals surface area contributed by atoms with Crippen molar-refractivity contribution < 1.29 is 9.21 Å². The van der Waals surface area contributed by atoms with Gasteiger partial charge in [0.1, 0.15) is 10.8 Å². The molecule has 162 valence electrons. The molecule has 0 aliphatic rings. The summed E-state index contributed by atoms with van der Waals surface area (Å²) in [6.07, 6.45) is 2.23. The topological polar surface area (TPSA) is 77.1 Å². The second-order valence-electron chi connectivity index (χ2n) is 7.54. The second kappa shape index (κ2) is 9.70. The Balaban J connectivity index is 1.46. The summed E-state index contributed by atoms with van der Waals surface area (Å²) in [5.41, 5.74) is 2.06. The minimum absolute atomic E-state index is 0.0758. The highest BCUT2D eigenvalue weighted by molar-refractivity contribution is 7.99. The molecule has 6 nitrogen and oxygen atoms in total. The van der Waals surface area contributed by atoms with Gasteiger partial charge in [-0.2, -0.15) is 9.78 Å². The van der Waals surface area contributed by atoms with E-state index in [-0.39, 0.29) is 17.5 Å². The molecule has 2 aromatic carbocycles. The lowest BCUT2D eigenvalue weighted by atomic mass is 10.1. The van der Waals surface area contributed by atoms with Crippen LogP contribution in [0.4, 0.5) is 0 Å². The van der Waals surface area contributed by atoms with E-state index in [0.717, 1.165) is 10.7 Å². The number of carbonyl (C=O) groups excluding carboxylic acids is 1. The highest BCUT2D eigenvalue weighted by Gasteiger charge is 2.12. The van der Waals surface area contributed by atoms with E-state index in [9.17, 15) is 9.59 Å². The fourth-order valence-corrected chi connectivity index (χ4v) is 3.98. The summed E-state index contributed by atoms with van der Waals surface area (Å²) >= 11 is 1.49. The maximum Gasteiger partial charge on any atom is 0.271 e. The zero-order chi connectivity index (χ0) is 22.5. The standard InChI is InChI=1S/C25H23N3O3S/c1-17-5-11-22(12-6-17)32-23-13-14-24(29)28(27-23)20-9-7-19(8-10-20)25(30)26-18(2)16-21-4-3-15-31-21/h3-15,18H,16H2,1-2H3,(H,26,30)/t18-/m0/s1. The quantitative estimate of drug-likeness (QED) is 0.448. The normalized spacial score (nSPS) is 11.8. The molecular weight excluding hydrogens is 422 g/mol. The lowest BCUT2D eigenvalue weighted by Gasteiger charge is -2.13. The molecule has 4 aromatic rings. The Morgan fingerprint density at radius 1 is 1.06 bits per heavy atom. The van der Waals surface area contributed by atoms with Crippen LogP contribution in [0.5, 0.6) is 0 Å². The smallest absolute Gasteiger partial charge is 0.271 e. The van der Waals surface area contributed by atoms with Crippen molar-refractivity contribution in [2.24, 2.45) is 0 Å². The molecule has 1 N–H and O–H groups in total. The molecule has 0 fully saturated rings. The number of nitrogens with one attached hydrogen (secondary N) is 1. The van der Waals surface area contributed by atoms with Gasteiger partial charge in [0.15, 0.2) is 0 Å². The molecule has 2 heterocycles. The molecule has 0 radical (unpaired) electrons. The zero-order valence-corrected chi connectivity index (χ0v) is 18.6. The van der Waals surface area contributed by atoms with Crippen LogP contribution < -0.4 is 10.9 Å². The fourth-order valence-electron chi connectivity index (χ4n) is 3.20. The van der Waals surface area contributed by atoms with E-state index in [4.69, 9.17) is 4.42 Å². The number of carbonyl (C=O) groups is 1. The van der Waals surface area contributed by atoms with Crippen LogP contribution in [0.2, 0.25) is 0 Å². The average Bonchev–Trinajstić information content (AvgIpc) is 3.29. The third-order valence-electron chi connectivity index (χ3n) is 4.86. The highest BCUT2D eigenvalue weighted by Crippen LogP contribution is 2.25. The molecule has 32 heavy (non-hydrogen) atoms. The lowest BCUT2D eigenvalue weighted by Crippen LogP contribution is -2.34. The number of hydrogen-bond acceptors (Lipinski definition) is 5. The monoisotopic (exact) mass is 445 g/mol. The molecule has 1 atom stereocenters. The van der Waals surface area contributed by atoms with Crippen LogP contribution in [0, 0.1) is 6.92 Å². The van der Waals surface area contributed by atoms with E-state index in [1.54, 1.807) is 36.6 Å². The first-order valence-corrected chi connectivity index (χ1v) is 11.1. The van der Waals surface area contributed by atoms with Gasteiger partial charge in [-0.3, -0.25) is 9.59 Å². The van der Waals surface area contributed by atoms with Crippen molar-refractivity contribution in [1.29, 1.82) is 0 Å². The van der Waals surface area contributed by atoms with Gasteiger partial charge in [-0.15, -0.1) is 0 Å². The van der Waals surface area contributed by atoms with Crippen molar-refractivity contribution in [2.75, 3.05) is 0 Å². The van der Waals surface area contributed by atoms with Crippen LogP contribution in [0.1, 0.15) is 28.6 Å². The Kier molecular flexibility index (Phi) is 6.56. The van der Waals surface area contributed by atoms with Gasteiger partial charge in [0.25, 0.3) is 11.5 Å². The fraction of sp³-hybridized carbons (Fsp3) is 0.160. The second-order valence-corrected chi connectivity index (χ2v) is 8.64. The minimum atomic E-state index is -0.234. The van der Waals surface area contributed by atoms with Gasteiger partial charge in [-0.1, -0.05) is 29.5 Å². The maximum atomic E-state index is 12.6. The number of nitrogens with zero attached hydrogens (tertiary/aromatic N) is 2. The third kappa shape index (κ3) is 5.36. The predicted octanol–water partition coefficient (Wildman–Crippen LogP) is 4.65. The van der Waals surface area contributed by atoms with E-state index in [2.05, 4.69) is 10.4 Å². The van der Waals surface area contributed by atoms with E-state index in [1.807, 2.05) is 50.2 Å². The summed E-state index contributed by atoms with van der Waals surface area (Å²) in [5.74, 6) is 0.640. The first kappa shape index (κ1) is 21.6. The van der Waals surface area contributed by atoms with Gasteiger partial charge in [-0.25, -0.2) is 0 Å². The van der Waals surface area contributed by atoms with Crippen LogP contribution in [0.3, 0.4) is 0 Å². The van der Waals surface area contributed by atoms with Crippen molar-refractivity contribution >= 4 is 17.7 Å². The first-order chi connectivity index (χ1) is 15.5. The van der Waals surface area contributed by atoms with Crippen molar-refractivity contribution in [2.45, 2.75) is 36.2 Å². The van der Waals surface area contributed by atoms with Crippen LogP contribution in [0.25, 0.3) is 5.69 Å². The minimum Gasteiger partial charge on any atom is -0.469 e. The summed E-state index contributed by atoms with van der Waals surface area (Å²) in [6.45, 7) is 3.96. The summed E-state index contributed by atoms with van der Waals surface area (Å²) in [5, 5.41) is 8.15. The van der Waals surface area contributed by atoms with E-state index in [0.29, 0.717) is 22.7 Å². The van der Waals surface area contributed by atoms with Crippen molar-refractivity contribution in [1.82, 2.24) is 15.1 Å². The molecule has 0 spiro atoms. The summed E-state index contributed by atoms with van der Waals surface area (Å²) < 4.78 is 6.67. The van der Waals surface area contributed by atoms with Crippen molar-refractivity contribution in [3.8, 4) is 5.69 Å². The Hall–Kier alpha value is -3.58. The molecule has 0 unspecified atom stereocenters. The largest absolute Gasteiger partial charge is 0.469 e. The molecule has 0 saturated heterocycles. The number of hydrogen-bond donors (Lipinski definition) is 1. The molecule has 7 heteroatoms. The molecule has 2 aromatic heterocycles. The number of aromatic nitrogens is 2. The lowest BCUT2D eigenvalue weighted by molar-refractivity contribution is 0.0939. The van der Waals surface area contributed by atoms with Gasteiger partial charge >= 0.3 is 0 Å². The van der Waals surface area contributed by atoms with Crippen LogP contribution >= 0.6 is 11.8 Å². The molecule has 0 saturated carbocycles. The average molecular weight is 446 g/mol. The number of amides is 1. The van der Waals surface area contributed by atoms with Crippen LogP contribution in [-0.4, -0.2) is 21.7 Å². The van der Waals surface area contributed by atoms with Gasteiger partial charge in [0, 0.05) is 29.0 Å². The van der Waals surface area contributed by atoms with Gasteiger partial charge in [0.05, 0.1) is 12.0 Å². The SMILES string of the molecule is Cc1ccc(Sc2ccc(=O)n(-c3ccc(C(=O)N[C@@H](C)Cc4ccco4)cc3)n2)cc1. The number of aryl methyl sites for hydroxylation is 1. The molecule has 4 rings (SSSR count). The number of benzene rings is 2. The van der Waals surface area contributed by atoms with E-state index in [1.165, 1.54) is 28.1 Å². The third-order valence-corrected chi connectivity index (χ3v) is 5.79. The molecule has 1 amide bonds. The summed E-state index contributed by atoms with van der Waals surface area (Å²) in [6, 6.07) is 21.8. The van der Waals surface area contributed by atoms with E-state index < -0.39 is 0 Å². The van der Waals surface area contributed by atoms with Gasteiger partial charge in [0.2, 0.25) is 0 Å². The molecular formula is C25H23N3O3S. The Bertz CT molecular complexity index is 1250. The maximum absolute atomic E-state index is 12.6. The highest BCUT2D eigenvalue weighted by atomic mass is 32.2. The van der Waals surface area contributed by atoms with Crippen molar-refractivity contribution in [3.63, 3.8) is 0 Å². The van der Waals surface area contributed by atoms with Gasteiger partial charge < -0.3 is 9.73 Å². The van der Waals surface area contributed by atoms with E-state index >= 15 is 0 Å².